The minimum atomic E-state index is -1.23. The third kappa shape index (κ3) is 11.6. The standard InChI is InChI=1S/C33H42O13/c1-30(2,3)43-39-26(35)21-17-13-15-19(23(21)28(37)41-45-32(7,8)9)25(34)20-16-14-18-22(27(36)40-44-31(4,5)6)24(20)29(38)42-46-33(10,11)12/h13-18H,1-12H3. The topological polar surface area (TPSA) is 159 Å². The molecule has 13 heteroatoms. The van der Waals surface area contributed by atoms with Gasteiger partial charge < -0.3 is 0 Å². The molecule has 0 aliphatic rings. The van der Waals surface area contributed by atoms with E-state index < -0.39 is 85.4 Å². The Balaban J connectivity index is 2.78. The summed E-state index contributed by atoms with van der Waals surface area (Å²) in [4.78, 5) is 108. The first-order valence-corrected chi connectivity index (χ1v) is 14.3. The van der Waals surface area contributed by atoms with Gasteiger partial charge in [0.2, 0.25) is 0 Å². The van der Waals surface area contributed by atoms with E-state index in [9.17, 15) is 24.0 Å². The summed E-state index contributed by atoms with van der Waals surface area (Å²) in [5, 5.41) is 0. The van der Waals surface area contributed by atoms with E-state index in [1.807, 2.05) is 0 Å². The smallest absolute Gasteiger partial charge is 0.292 e. The van der Waals surface area contributed by atoms with Crippen molar-refractivity contribution in [2.75, 3.05) is 0 Å². The number of carbonyl (C=O) groups is 5. The molecule has 0 saturated carbocycles. The highest BCUT2D eigenvalue weighted by atomic mass is 17.2. The molecular formula is C33H42O13. The Morgan fingerprint density at radius 1 is 0.391 bits per heavy atom. The van der Waals surface area contributed by atoms with Crippen LogP contribution in [0.2, 0.25) is 0 Å². The van der Waals surface area contributed by atoms with E-state index in [4.69, 9.17) is 39.1 Å². The third-order valence-electron chi connectivity index (χ3n) is 4.94. The molecular weight excluding hydrogens is 604 g/mol. The Bertz CT molecular complexity index is 1350. The molecule has 2 aromatic carbocycles. The summed E-state index contributed by atoms with van der Waals surface area (Å²) in [6, 6.07) is 7.46. The van der Waals surface area contributed by atoms with Gasteiger partial charge in [0.05, 0.1) is 22.3 Å². The molecule has 0 aromatic heterocycles. The molecule has 0 N–H and O–H groups in total. The number of hydrogen-bond acceptors (Lipinski definition) is 13. The van der Waals surface area contributed by atoms with Crippen LogP contribution in [0.4, 0.5) is 0 Å². The Kier molecular flexibility index (Phi) is 12.0. The van der Waals surface area contributed by atoms with Crippen molar-refractivity contribution in [1.82, 2.24) is 0 Å². The monoisotopic (exact) mass is 646 g/mol. The second-order valence-electron chi connectivity index (χ2n) is 14.1. The number of benzene rings is 2. The lowest BCUT2D eigenvalue weighted by atomic mass is 9.90. The van der Waals surface area contributed by atoms with Crippen LogP contribution in [-0.2, 0) is 39.1 Å². The van der Waals surface area contributed by atoms with Crippen molar-refractivity contribution in [1.29, 1.82) is 0 Å². The Morgan fingerprint density at radius 3 is 0.891 bits per heavy atom. The summed E-state index contributed by atoms with van der Waals surface area (Å²) < 4.78 is 0. The first kappa shape index (κ1) is 38.0. The van der Waals surface area contributed by atoms with Crippen molar-refractivity contribution in [3.8, 4) is 0 Å². The third-order valence-corrected chi connectivity index (χ3v) is 4.94. The van der Waals surface area contributed by atoms with Gasteiger partial charge >= 0.3 is 23.9 Å². The fraction of sp³-hybridized carbons (Fsp3) is 0.485. The lowest BCUT2D eigenvalue weighted by molar-refractivity contribution is -0.302. The molecule has 0 bridgehead atoms. The highest BCUT2D eigenvalue weighted by molar-refractivity contribution is 6.21. The van der Waals surface area contributed by atoms with Crippen molar-refractivity contribution < 1.29 is 63.1 Å². The molecule has 2 aromatic rings. The maximum Gasteiger partial charge on any atom is 0.374 e. The zero-order chi connectivity index (χ0) is 35.3. The van der Waals surface area contributed by atoms with E-state index >= 15 is 0 Å². The van der Waals surface area contributed by atoms with Gasteiger partial charge in [0.15, 0.2) is 5.78 Å². The number of hydrogen-bond donors (Lipinski definition) is 0. The Hall–Kier alpha value is -4.17. The van der Waals surface area contributed by atoms with Crippen LogP contribution in [0.25, 0.3) is 0 Å². The lowest BCUT2D eigenvalue weighted by Gasteiger charge is -2.20. The SMILES string of the molecule is CC(C)(C)OOC(=O)c1cccc(C(=O)c2cccc(C(=O)OOC(C)(C)C)c2C(=O)OOC(C)(C)C)c1C(=O)OOC(C)(C)C. The van der Waals surface area contributed by atoms with E-state index in [2.05, 4.69) is 0 Å². The second kappa shape index (κ2) is 14.5. The molecule has 0 heterocycles. The molecule has 0 fully saturated rings. The average molecular weight is 647 g/mol. The van der Waals surface area contributed by atoms with Crippen LogP contribution in [0.1, 0.15) is 140 Å². The zero-order valence-corrected chi connectivity index (χ0v) is 28.3. The van der Waals surface area contributed by atoms with Crippen molar-refractivity contribution in [3.63, 3.8) is 0 Å². The van der Waals surface area contributed by atoms with Gasteiger partial charge in [-0.15, -0.1) is 0 Å². The van der Waals surface area contributed by atoms with Crippen LogP contribution in [0.3, 0.4) is 0 Å². The predicted octanol–water partition coefficient (Wildman–Crippen LogP) is 6.47. The largest absolute Gasteiger partial charge is 0.374 e. The number of ketones is 1. The van der Waals surface area contributed by atoms with Gasteiger partial charge in [-0.25, -0.2) is 19.2 Å². The van der Waals surface area contributed by atoms with Gasteiger partial charge in [0.1, 0.15) is 22.4 Å². The molecule has 0 aliphatic heterocycles. The maximum absolute atomic E-state index is 14.2. The van der Waals surface area contributed by atoms with Crippen LogP contribution >= 0.6 is 0 Å². The zero-order valence-electron chi connectivity index (χ0n) is 28.3. The van der Waals surface area contributed by atoms with E-state index in [1.165, 1.54) is 36.4 Å². The van der Waals surface area contributed by atoms with E-state index in [0.717, 1.165) is 0 Å². The van der Waals surface area contributed by atoms with Gasteiger partial charge in [-0.05, 0) is 95.2 Å². The quantitative estimate of drug-likeness (QED) is 0.157. The minimum Gasteiger partial charge on any atom is -0.292 e. The molecule has 0 unspecified atom stereocenters. The fourth-order valence-electron chi connectivity index (χ4n) is 3.23. The molecule has 0 radical (unpaired) electrons. The van der Waals surface area contributed by atoms with Crippen LogP contribution in [0, 0.1) is 0 Å². The fourth-order valence-corrected chi connectivity index (χ4v) is 3.23. The highest BCUT2D eigenvalue weighted by Crippen LogP contribution is 2.27. The van der Waals surface area contributed by atoms with Gasteiger partial charge in [-0.2, -0.15) is 19.6 Å². The normalized spacial score (nSPS) is 12.3. The highest BCUT2D eigenvalue weighted by Gasteiger charge is 2.34. The van der Waals surface area contributed by atoms with Crippen LogP contribution < -0.4 is 0 Å². The summed E-state index contributed by atoms with van der Waals surface area (Å²) in [6.07, 6.45) is 0. The molecule has 0 saturated heterocycles. The van der Waals surface area contributed by atoms with E-state index in [1.54, 1.807) is 83.1 Å². The lowest BCUT2D eigenvalue weighted by Crippen LogP contribution is -2.27. The van der Waals surface area contributed by atoms with Crippen molar-refractivity contribution in [3.05, 3.63) is 69.8 Å². The molecule has 252 valence electrons. The first-order chi connectivity index (χ1) is 20.9. The predicted molar refractivity (Wildman–Crippen MR) is 161 cm³/mol. The maximum atomic E-state index is 14.2. The van der Waals surface area contributed by atoms with Crippen LogP contribution in [-0.4, -0.2) is 52.1 Å². The summed E-state index contributed by atoms with van der Waals surface area (Å²) >= 11 is 0. The molecule has 13 nitrogen and oxygen atoms in total. The van der Waals surface area contributed by atoms with Crippen molar-refractivity contribution >= 4 is 29.7 Å². The summed E-state index contributed by atoms with van der Waals surface area (Å²) in [7, 11) is 0. The molecule has 2 rings (SSSR count). The first-order valence-electron chi connectivity index (χ1n) is 14.3. The van der Waals surface area contributed by atoms with E-state index in [0.29, 0.717) is 0 Å². The average Bonchev–Trinajstić information content (AvgIpc) is 2.93. The summed E-state index contributed by atoms with van der Waals surface area (Å²) in [5.74, 6) is -5.68. The number of rotatable bonds is 10. The van der Waals surface area contributed by atoms with Gasteiger partial charge in [0, 0.05) is 11.1 Å². The van der Waals surface area contributed by atoms with Crippen molar-refractivity contribution in [2.24, 2.45) is 0 Å². The molecule has 0 spiro atoms. The molecule has 46 heavy (non-hydrogen) atoms. The van der Waals surface area contributed by atoms with Crippen LogP contribution in [0.5, 0.6) is 0 Å². The van der Waals surface area contributed by atoms with E-state index in [-0.39, 0.29) is 0 Å². The summed E-state index contributed by atoms with van der Waals surface area (Å²) in [6.45, 7) is 19.4. The Morgan fingerprint density at radius 2 is 0.630 bits per heavy atom. The molecule has 0 amide bonds. The Labute approximate surface area is 268 Å². The van der Waals surface area contributed by atoms with Gasteiger partial charge in [-0.1, -0.05) is 24.3 Å². The minimum absolute atomic E-state index is 0.407. The van der Waals surface area contributed by atoms with Crippen LogP contribution in [0.15, 0.2) is 36.4 Å². The molecule has 0 atom stereocenters. The summed E-state index contributed by atoms with van der Waals surface area (Å²) in [5.41, 5.74) is -6.49. The number of carbonyl (C=O) groups excluding carboxylic acids is 5. The molecule has 0 aliphatic carbocycles. The second-order valence-corrected chi connectivity index (χ2v) is 14.1. The van der Waals surface area contributed by atoms with Gasteiger partial charge in [0.25, 0.3) is 0 Å². The van der Waals surface area contributed by atoms with Gasteiger partial charge in [-0.3, -0.25) is 24.3 Å². The van der Waals surface area contributed by atoms with Crippen molar-refractivity contribution in [2.45, 2.75) is 105 Å².